The number of aryl methyl sites for hydroxylation is 1. The van der Waals surface area contributed by atoms with Gasteiger partial charge in [0.25, 0.3) is 0 Å². The number of amides is 3. The predicted molar refractivity (Wildman–Crippen MR) is 86.8 cm³/mol. The maximum absolute atomic E-state index is 11.9. The molecular weight excluding hydrogens is 296 g/mol. The average molecular weight is 314 g/mol. The quantitative estimate of drug-likeness (QED) is 0.757. The van der Waals surface area contributed by atoms with Gasteiger partial charge >= 0.3 is 0 Å². The van der Waals surface area contributed by atoms with Crippen molar-refractivity contribution in [1.82, 2.24) is 15.6 Å². The smallest absolute Gasteiger partial charge is 0.243 e. The maximum atomic E-state index is 11.9. The first-order valence-electron chi connectivity index (χ1n) is 7.13. The van der Waals surface area contributed by atoms with Crippen molar-refractivity contribution < 1.29 is 14.4 Å². The molecule has 0 aliphatic heterocycles. The predicted octanol–water partition coefficient (Wildman–Crippen LogP) is 0.734. The van der Waals surface area contributed by atoms with Crippen molar-refractivity contribution in [3.63, 3.8) is 0 Å². The molecule has 0 unspecified atom stereocenters. The lowest BCUT2D eigenvalue weighted by Gasteiger charge is -2.09. The molecule has 0 bridgehead atoms. The summed E-state index contributed by atoms with van der Waals surface area (Å²) in [5, 5.41) is 8.44. The second-order valence-corrected chi connectivity index (χ2v) is 5.06. The molecule has 0 aliphatic rings. The van der Waals surface area contributed by atoms with Crippen LogP contribution in [0.2, 0.25) is 0 Å². The summed E-state index contributed by atoms with van der Waals surface area (Å²) in [5.74, 6) is -1.10. The first-order chi connectivity index (χ1) is 11.0. The van der Waals surface area contributed by atoms with Gasteiger partial charge in [-0.05, 0) is 19.1 Å². The SMILES string of the molecule is CC(=O)NCC(=O)NCC(=O)Nc1cccc2ccc(C)nc12. The van der Waals surface area contributed by atoms with E-state index in [2.05, 4.69) is 20.9 Å². The minimum absolute atomic E-state index is 0.155. The standard InChI is InChI=1S/C16H18N4O3/c1-10-6-7-12-4-3-5-13(16(12)19-10)20-15(23)9-18-14(22)8-17-11(2)21/h3-7H,8-9H2,1-2H3,(H,17,21)(H,18,22)(H,20,23). The Morgan fingerprint density at radius 2 is 1.74 bits per heavy atom. The average Bonchev–Trinajstić information content (AvgIpc) is 2.51. The number of nitrogens with one attached hydrogen (secondary N) is 3. The van der Waals surface area contributed by atoms with Crippen LogP contribution in [-0.2, 0) is 14.4 Å². The van der Waals surface area contributed by atoms with E-state index in [9.17, 15) is 14.4 Å². The molecule has 0 atom stereocenters. The number of para-hydroxylation sites is 1. The van der Waals surface area contributed by atoms with E-state index in [0.717, 1.165) is 11.1 Å². The van der Waals surface area contributed by atoms with E-state index < -0.39 is 5.91 Å². The fourth-order valence-corrected chi connectivity index (χ4v) is 1.99. The Bertz CT molecular complexity index is 758. The molecule has 3 amide bonds. The minimum atomic E-state index is -0.428. The summed E-state index contributed by atoms with van der Waals surface area (Å²) in [6.07, 6.45) is 0. The Hall–Kier alpha value is -2.96. The summed E-state index contributed by atoms with van der Waals surface area (Å²) in [4.78, 5) is 38.5. The topological polar surface area (TPSA) is 100 Å². The second kappa shape index (κ2) is 7.35. The Labute approximate surface area is 133 Å². The molecule has 2 aromatic rings. The molecule has 23 heavy (non-hydrogen) atoms. The molecule has 0 radical (unpaired) electrons. The fourth-order valence-electron chi connectivity index (χ4n) is 1.99. The van der Waals surface area contributed by atoms with Crippen molar-refractivity contribution in [2.75, 3.05) is 18.4 Å². The van der Waals surface area contributed by atoms with Crippen molar-refractivity contribution >= 4 is 34.3 Å². The van der Waals surface area contributed by atoms with Gasteiger partial charge in [0.2, 0.25) is 17.7 Å². The van der Waals surface area contributed by atoms with E-state index in [1.165, 1.54) is 6.92 Å². The summed E-state index contributed by atoms with van der Waals surface area (Å²) in [6.45, 7) is 2.86. The number of benzene rings is 1. The Balaban J connectivity index is 1.97. The van der Waals surface area contributed by atoms with Crippen molar-refractivity contribution in [3.8, 4) is 0 Å². The number of carbonyl (C=O) groups excluding carboxylic acids is 3. The lowest BCUT2D eigenvalue weighted by Crippen LogP contribution is -2.39. The van der Waals surface area contributed by atoms with E-state index in [4.69, 9.17) is 0 Å². The van der Waals surface area contributed by atoms with Gasteiger partial charge in [0, 0.05) is 18.0 Å². The summed E-state index contributed by atoms with van der Waals surface area (Å²) >= 11 is 0. The van der Waals surface area contributed by atoms with E-state index in [-0.39, 0.29) is 24.9 Å². The molecule has 0 saturated heterocycles. The van der Waals surface area contributed by atoms with Crippen molar-refractivity contribution in [2.45, 2.75) is 13.8 Å². The summed E-state index contributed by atoms with van der Waals surface area (Å²) in [7, 11) is 0. The number of hydrogen-bond donors (Lipinski definition) is 3. The zero-order valence-electron chi connectivity index (χ0n) is 13.0. The third-order valence-corrected chi connectivity index (χ3v) is 3.08. The number of carbonyl (C=O) groups is 3. The van der Waals surface area contributed by atoms with E-state index in [1.807, 2.05) is 31.2 Å². The fraction of sp³-hybridized carbons (Fsp3) is 0.250. The van der Waals surface area contributed by atoms with Crippen molar-refractivity contribution in [2.24, 2.45) is 0 Å². The van der Waals surface area contributed by atoms with Gasteiger partial charge in [0.05, 0.1) is 24.3 Å². The van der Waals surface area contributed by atoms with Gasteiger partial charge in [0.1, 0.15) is 0 Å². The first kappa shape index (κ1) is 16.4. The number of fused-ring (bicyclic) bond motifs is 1. The van der Waals surface area contributed by atoms with Crippen LogP contribution in [0.1, 0.15) is 12.6 Å². The summed E-state index contributed by atoms with van der Waals surface area (Å²) in [6, 6.07) is 9.32. The highest BCUT2D eigenvalue weighted by atomic mass is 16.2. The van der Waals surface area contributed by atoms with Crippen LogP contribution in [0.4, 0.5) is 5.69 Å². The van der Waals surface area contributed by atoms with Gasteiger partial charge in [-0.1, -0.05) is 18.2 Å². The van der Waals surface area contributed by atoms with E-state index in [0.29, 0.717) is 11.2 Å². The van der Waals surface area contributed by atoms with Crippen LogP contribution >= 0.6 is 0 Å². The van der Waals surface area contributed by atoms with Crippen LogP contribution in [0.25, 0.3) is 10.9 Å². The van der Waals surface area contributed by atoms with Gasteiger partial charge in [0.15, 0.2) is 0 Å². The lowest BCUT2D eigenvalue weighted by molar-refractivity contribution is -0.126. The number of anilines is 1. The van der Waals surface area contributed by atoms with Gasteiger partial charge in [-0.3, -0.25) is 19.4 Å². The minimum Gasteiger partial charge on any atom is -0.347 e. The zero-order valence-corrected chi connectivity index (χ0v) is 13.0. The summed E-state index contributed by atoms with van der Waals surface area (Å²) in [5.41, 5.74) is 2.14. The van der Waals surface area contributed by atoms with E-state index >= 15 is 0 Å². The van der Waals surface area contributed by atoms with E-state index in [1.54, 1.807) is 6.07 Å². The molecule has 0 aliphatic carbocycles. The van der Waals surface area contributed by atoms with Crippen LogP contribution in [0, 0.1) is 6.92 Å². The lowest BCUT2D eigenvalue weighted by atomic mass is 10.1. The second-order valence-electron chi connectivity index (χ2n) is 5.06. The third kappa shape index (κ3) is 4.77. The Morgan fingerprint density at radius 1 is 1.00 bits per heavy atom. The number of hydrogen-bond acceptors (Lipinski definition) is 4. The van der Waals surface area contributed by atoms with Crippen LogP contribution in [0.5, 0.6) is 0 Å². The zero-order chi connectivity index (χ0) is 16.8. The highest BCUT2D eigenvalue weighted by molar-refractivity contribution is 6.02. The molecule has 3 N–H and O–H groups in total. The molecule has 7 nitrogen and oxygen atoms in total. The highest BCUT2D eigenvalue weighted by Crippen LogP contribution is 2.21. The molecular formula is C16H18N4O3. The molecule has 1 heterocycles. The normalized spacial score (nSPS) is 10.2. The maximum Gasteiger partial charge on any atom is 0.243 e. The number of aromatic nitrogens is 1. The highest BCUT2D eigenvalue weighted by Gasteiger charge is 2.09. The van der Waals surface area contributed by atoms with Crippen molar-refractivity contribution in [3.05, 3.63) is 36.0 Å². The van der Waals surface area contributed by atoms with Crippen LogP contribution in [0.3, 0.4) is 0 Å². The molecule has 1 aromatic heterocycles. The first-order valence-corrected chi connectivity index (χ1v) is 7.13. The van der Waals surface area contributed by atoms with Crippen LogP contribution in [0.15, 0.2) is 30.3 Å². The number of rotatable bonds is 5. The van der Waals surface area contributed by atoms with Crippen molar-refractivity contribution in [1.29, 1.82) is 0 Å². The summed E-state index contributed by atoms with van der Waals surface area (Å²) < 4.78 is 0. The number of pyridine rings is 1. The van der Waals surface area contributed by atoms with Gasteiger partial charge in [-0.25, -0.2) is 0 Å². The van der Waals surface area contributed by atoms with Crippen LogP contribution in [-0.4, -0.2) is 35.8 Å². The molecule has 0 spiro atoms. The Kier molecular flexibility index (Phi) is 5.24. The molecule has 7 heteroatoms. The van der Waals surface area contributed by atoms with Gasteiger partial charge in [-0.15, -0.1) is 0 Å². The number of nitrogens with zero attached hydrogens (tertiary/aromatic N) is 1. The molecule has 120 valence electrons. The third-order valence-electron chi connectivity index (χ3n) is 3.08. The van der Waals surface area contributed by atoms with Gasteiger partial charge in [-0.2, -0.15) is 0 Å². The Morgan fingerprint density at radius 3 is 2.48 bits per heavy atom. The molecule has 0 saturated carbocycles. The molecule has 1 aromatic carbocycles. The molecule has 2 rings (SSSR count). The largest absolute Gasteiger partial charge is 0.347 e. The monoisotopic (exact) mass is 314 g/mol. The van der Waals surface area contributed by atoms with Crippen LogP contribution < -0.4 is 16.0 Å². The molecule has 0 fully saturated rings. The van der Waals surface area contributed by atoms with Gasteiger partial charge < -0.3 is 16.0 Å².